The van der Waals surface area contributed by atoms with Gasteiger partial charge in [-0.3, -0.25) is 4.90 Å². The highest BCUT2D eigenvalue weighted by Crippen LogP contribution is 2.12. The summed E-state index contributed by atoms with van der Waals surface area (Å²) < 4.78 is 5.52. The molecule has 0 amide bonds. The lowest BCUT2D eigenvalue weighted by Gasteiger charge is -2.38. The van der Waals surface area contributed by atoms with Gasteiger partial charge in [-0.05, 0) is 20.8 Å². The molecule has 0 unspecified atom stereocenters. The van der Waals surface area contributed by atoms with Gasteiger partial charge in [0.2, 0.25) is 0 Å². The molecule has 0 bridgehead atoms. The van der Waals surface area contributed by atoms with Crippen LogP contribution in [0.4, 0.5) is 0 Å². The maximum absolute atomic E-state index is 8.96. The number of morpholine rings is 1. The maximum Gasteiger partial charge on any atom is 0.0936 e. The molecule has 12 heavy (non-hydrogen) atoms. The minimum Gasteiger partial charge on any atom is -0.394 e. The number of aliphatic hydroxyl groups excluding tert-OH is 1. The topological polar surface area (TPSA) is 32.7 Å². The molecule has 0 spiro atoms. The van der Waals surface area contributed by atoms with Crippen molar-refractivity contribution in [3.63, 3.8) is 0 Å². The van der Waals surface area contributed by atoms with Gasteiger partial charge in [-0.2, -0.15) is 0 Å². The molecule has 1 fully saturated rings. The van der Waals surface area contributed by atoms with E-state index in [9.17, 15) is 0 Å². The molecule has 1 aliphatic rings. The van der Waals surface area contributed by atoms with E-state index in [-0.39, 0.29) is 18.8 Å². The van der Waals surface area contributed by atoms with Gasteiger partial charge >= 0.3 is 0 Å². The molecule has 1 heterocycles. The molecule has 2 atom stereocenters. The zero-order valence-corrected chi connectivity index (χ0v) is 8.16. The van der Waals surface area contributed by atoms with E-state index >= 15 is 0 Å². The molecule has 0 radical (unpaired) electrons. The summed E-state index contributed by atoms with van der Waals surface area (Å²) in [6.45, 7) is 8.37. The van der Waals surface area contributed by atoms with Gasteiger partial charge < -0.3 is 9.84 Å². The summed E-state index contributed by atoms with van der Waals surface area (Å²) >= 11 is 0. The van der Waals surface area contributed by atoms with Crippen molar-refractivity contribution in [2.24, 2.45) is 0 Å². The summed E-state index contributed by atoms with van der Waals surface area (Å²) in [5.74, 6) is 0. The van der Waals surface area contributed by atoms with Crippen LogP contribution in [0.5, 0.6) is 0 Å². The highest BCUT2D eigenvalue weighted by atomic mass is 16.5. The van der Waals surface area contributed by atoms with Crippen LogP contribution in [0, 0.1) is 0 Å². The van der Waals surface area contributed by atoms with E-state index in [0.29, 0.717) is 6.04 Å². The monoisotopic (exact) mass is 173 g/mol. The number of rotatable bonds is 2. The predicted octanol–water partition coefficient (Wildman–Crippen LogP) is 0.476. The molecule has 0 aromatic heterocycles. The Bertz CT molecular complexity index is 138. The zero-order valence-electron chi connectivity index (χ0n) is 8.16. The van der Waals surface area contributed by atoms with E-state index in [2.05, 4.69) is 25.7 Å². The van der Waals surface area contributed by atoms with Gasteiger partial charge in [0.05, 0.1) is 18.8 Å². The fourth-order valence-corrected chi connectivity index (χ4v) is 1.60. The predicted molar refractivity (Wildman–Crippen MR) is 48.1 cm³/mol. The SMILES string of the molecule is CC(C)N1C[C@@H](CO)O[C@@H](C)C1. The Morgan fingerprint density at radius 3 is 2.67 bits per heavy atom. The summed E-state index contributed by atoms with van der Waals surface area (Å²) in [5.41, 5.74) is 0. The molecule has 0 aliphatic carbocycles. The largest absolute Gasteiger partial charge is 0.394 e. The van der Waals surface area contributed by atoms with E-state index < -0.39 is 0 Å². The van der Waals surface area contributed by atoms with Gasteiger partial charge in [0.1, 0.15) is 0 Å². The molecule has 72 valence electrons. The van der Waals surface area contributed by atoms with Gasteiger partial charge in [-0.1, -0.05) is 0 Å². The maximum atomic E-state index is 8.96. The Labute approximate surface area is 74.3 Å². The number of aliphatic hydroxyl groups is 1. The summed E-state index contributed by atoms with van der Waals surface area (Å²) in [5, 5.41) is 8.96. The molecule has 1 rings (SSSR count). The molecule has 0 saturated carbocycles. The first-order valence-electron chi connectivity index (χ1n) is 4.64. The molecule has 0 aromatic carbocycles. The minimum atomic E-state index is 0.0103. The lowest BCUT2D eigenvalue weighted by molar-refractivity contribution is -0.102. The Morgan fingerprint density at radius 2 is 2.17 bits per heavy atom. The third-order valence-electron chi connectivity index (χ3n) is 2.29. The minimum absolute atomic E-state index is 0.0103. The zero-order chi connectivity index (χ0) is 9.14. The molecular formula is C9H19NO2. The van der Waals surface area contributed by atoms with Crippen molar-refractivity contribution < 1.29 is 9.84 Å². The standard InChI is InChI=1S/C9H19NO2/c1-7(2)10-4-8(3)12-9(5-10)6-11/h7-9,11H,4-6H2,1-3H3/t8-,9-/m0/s1. The number of nitrogens with zero attached hydrogens (tertiary/aromatic N) is 1. The second kappa shape index (κ2) is 4.21. The highest BCUT2D eigenvalue weighted by molar-refractivity contribution is 4.77. The van der Waals surface area contributed by atoms with E-state index in [1.807, 2.05) is 0 Å². The van der Waals surface area contributed by atoms with E-state index in [4.69, 9.17) is 9.84 Å². The number of hydrogen-bond acceptors (Lipinski definition) is 3. The first-order chi connectivity index (χ1) is 5.63. The Balaban J connectivity index is 2.45. The molecule has 1 saturated heterocycles. The van der Waals surface area contributed by atoms with Crippen molar-refractivity contribution in [1.82, 2.24) is 4.90 Å². The molecule has 1 N–H and O–H groups in total. The Morgan fingerprint density at radius 1 is 1.50 bits per heavy atom. The average Bonchev–Trinajstić information content (AvgIpc) is 2.03. The van der Waals surface area contributed by atoms with Crippen molar-refractivity contribution in [2.45, 2.75) is 39.0 Å². The molecule has 0 aromatic rings. The lowest BCUT2D eigenvalue weighted by atomic mass is 10.2. The summed E-state index contributed by atoms with van der Waals surface area (Å²) in [6, 6.07) is 0.547. The number of hydrogen-bond donors (Lipinski definition) is 1. The normalized spacial score (nSPS) is 32.8. The van der Waals surface area contributed by atoms with Crippen LogP contribution < -0.4 is 0 Å². The van der Waals surface area contributed by atoms with E-state index in [1.165, 1.54) is 0 Å². The summed E-state index contributed by atoms with van der Waals surface area (Å²) in [6.07, 6.45) is 0.259. The van der Waals surface area contributed by atoms with Gasteiger partial charge in [-0.25, -0.2) is 0 Å². The van der Waals surface area contributed by atoms with Crippen LogP contribution in [0.3, 0.4) is 0 Å². The van der Waals surface area contributed by atoms with Gasteiger partial charge in [0, 0.05) is 19.1 Å². The van der Waals surface area contributed by atoms with E-state index in [1.54, 1.807) is 0 Å². The van der Waals surface area contributed by atoms with Crippen molar-refractivity contribution in [3.8, 4) is 0 Å². The Hall–Kier alpha value is -0.120. The molecule has 1 aliphatic heterocycles. The average molecular weight is 173 g/mol. The highest BCUT2D eigenvalue weighted by Gasteiger charge is 2.25. The number of ether oxygens (including phenoxy) is 1. The van der Waals surface area contributed by atoms with Crippen molar-refractivity contribution in [3.05, 3.63) is 0 Å². The third kappa shape index (κ3) is 2.44. The smallest absolute Gasteiger partial charge is 0.0936 e. The van der Waals surface area contributed by atoms with Crippen LogP contribution in [-0.4, -0.2) is 48.0 Å². The molecular weight excluding hydrogens is 154 g/mol. The van der Waals surface area contributed by atoms with Crippen molar-refractivity contribution in [2.75, 3.05) is 19.7 Å². The van der Waals surface area contributed by atoms with Crippen LogP contribution in [-0.2, 0) is 4.74 Å². The van der Waals surface area contributed by atoms with Crippen molar-refractivity contribution in [1.29, 1.82) is 0 Å². The van der Waals surface area contributed by atoms with Crippen LogP contribution in [0.25, 0.3) is 0 Å². The van der Waals surface area contributed by atoms with Gasteiger partial charge in [0.15, 0.2) is 0 Å². The van der Waals surface area contributed by atoms with Crippen molar-refractivity contribution >= 4 is 0 Å². The van der Waals surface area contributed by atoms with Gasteiger partial charge in [0.25, 0.3) is 0 Å². The Kier molecular flexibility index (Phi) is 3.50. The van der Waals surface area contributed by atoms with E-state index in [0.717, 1.165) is 13.1 Å². The lowest BCUT2D eigenvalue weighted by Crippen LogP contribution is -2.50. The second-order valence-corrected chi connectivity index (χ2v) is 3.80. The molecule has 3 nitrogen and oxygen atoms in total. The summed E-state index contributed by atoms with van der Waals surface area (Å²) in [7, 11) is 0. The van der Waals surface area contributed by atoms with Crippen LogP contribution >= 0.6 is 0 Å². The van der Waals surface area contributed by atoms with Crippen LogP contribution in [0.2, 0.25) is 0 Å². The van der Waals surface area contributed by atoms with Crippen LogP contribution in [0.1, 0.15) is 20.8 Å². The third-order valence-corrected chi connectivity index (χ3v) is 2.29. The fourth-order valence-electron chi connectivity index (χ4n) is 1.60. The second-order valence-electron chi connectivity index (χ2n) is 3.80. The fraction of sp³-hybridized carbons (Fsp3) is 1.00. The van der Waals surface area contributed by atoms with Crippen LogP contribution in [0.15, 0.2) is 0 Å². The first kappa shape index (κ1) is 9.96. The quantitative estimate of drug-likeness (QED) is 0.659. The molecule has 3 heteroatoms. The summed E-state index contributed by atoms with van der Waals surface area (Å²) in [4.78, 5) is 2.34. The first-order valence-corrected chi connectivity index (χ1v) is 4.64. The van der Waals surface area contributed by atoms with Gasteiger partial charge in [-0.15, -0.1) is 0 Å².